The Morgan fingerprint density at radius 3 is 2.62 bits per heavy atom. The molecule has 0 radical (unpaired) electrons. The lowest BCUT2D eigenvalue weighted by molar-refractivity contribution is 0.0832. The fourth-order valence-corrected chi connectivity index (χ4v) is 2.44. The molecule has 3 unspecified atom stereocenters. The van der Waals surface area contributed by atoms with Crippen molar-refractivity contribution >= 4 is 0 Å². The molecule has 2 heteroatoms. The van der Waals surface area contributed by atoms with Gasteiger partial charge in [-0.25, -0.2) is 0 Å². The highest BCUT2D eigenvalue weighted by molar-refractivity contribution is 4.82. The highest BCUT2D eigenvalue weighted by atomic mass is 16.5. The maximum absolute atomic E-state index is 5.43. The van der Waals surface area contributed by atoms with Crippen LogP contribution >= 0.6 is 0 Å². The molecule has 0 aromatic heterocycles. The zero-order chi connectivity index (χ0) is 9.26. The van der Waals surface area contributed by atoms with E-state index in [2.05, 4.69) is 18.7 Å². The van der Waals surface area contributed by atoms with Crippen LogP contribution in [0.2, 0.25) is 0 Å². The van der Waals surface area contributed by atoms with Crippen molar-refractivity contribution < 1.29 is 4.74 Å². The highest BCUT2D eigenvalue weighted by Gasteiger charge is 2.29. The molecule has 0 aliphatic carbocycles. The summed E-state index contributed by atoms with van der Waals surface area (Å²) in [6.07, 6.45) is 2.62. The quantitative estimate of drug-likeness (QED) is 0.614. The molecule has 13 heavy (non-hydrogen) atoms. The third-order valence-corrected chi connectivity index (χ3v) is 3.79. The average Bonchev–Trinajstić information content (AvgIpc) is 2.62. The van der Waals surface area contributed by atoms with Gasteiger partial charge in [-0.05, 0) is 31.2 Å². The molecule has 2 heterocycles. The number of likely N-dealkylation sites (tertiary alicyclic amines) is 1. The van der Waals surface area contributed by atoms with Crippen LogP contribution in [0.25, 0.3) is 0 Å². The van der Waals surface area contributed by atoms with Gasteiger partial charge in [0.25, 0.3) is 0 Å². The molecule has 0 amide bonds. The van der Waals surface area contributed by atoms with Crippen LogP contribution < -0.4 is 0 Å². The van der Waals surface area contributed by atoms with E-state index in [1.165, 1.54) is 25.9 Å². The molecule has 0 aromatic carbocycles. The van der Waals surface area contributed by atoms with Crippen molar-refractivity contribution in [3.05, 3.63) is 0 Å². The number of rotatable bonds is 1. The number of nitrogens with zero attached hydrogens (tertiary/aromatic N) is 1. The summed E-state index contributed by atoms with van der Waals surface area (Å²) in [5, 5.41) is 0. The Morgan fingerprint density at radius 2 is 2.00 bits per heavy atom. The molecule has 76 valence electrons. The van der Waals surface area contributed by atoms with E-state index in [4.69, 9.17) is 4.74 Å². The summed E-state index contributed by atoms with van der Waals surface area (Å²) in [5.41, 5.74) is 0. The van der Waals surface area contributed by atoms with E-state index in [1.807, 2.05) is 0 Å². The molecular weight excluding hydrogens is 162 g/mol. The minimum atomic E-state index is 0.731. The minimum absolute atomic E-state index is 0.731. The van der Waals surface area contributed by atoms with E-state index in [0.717, 1.165) is 31.1 Å². The summed E-state index contributed by atoms with van der Waals surface area (Å²) in [4.78, 5) is 2.64. The molecule has 0 bridgehead atoms. The molecule has 2 saturated heterocycles. The van der Waals surface area contributed by atoms with Gasteiger partial charge in [-0.15, -0.1) is 0 Å². The summed E-state index contributed by atoms with van der Waals surface area (Å²) in [6.45, 7) is 9.29. The van der Waals surface area contributed by atoms with E-state index >= 15 is 0 Å². The molecule has 0 spiro atoms. The van der Waals surface area contributed by atoms with E-state index in [-0.39, 0.29) is 0 Å². The van der Waals surface area contributed by atoms with Crippen LogP contribution in [0.1, 0.15) is 26.7 Å². The van der Waals surface area contributed by atoms with Crippen LogP contribution in [0.4, 0.5) is 0 Å². The summed E-state index contributed by atoms with van der Waals surface area (Å²) in [5.74, 6) is 1.79. The zero-order valence-electron chi connectivity index (χ0n) is 8.83. The molecule has 0 aromatic rings. The third-order valence-electron chi connectivity index (χ3n) is 3.79. The third kappa shape index (κ3) is 2.05. The Bertz CT molecular complexity index is 165. The predicted octanol–water partition coefficient (Wildman–Crippen LogP) is 1.75. The SMILES string of the molecule is CC1CCN(C2CCOC2)CC1C. The Kier molecular flexibility index (Phi) is 2.89. The first-order valence-electron chi connectivity index (χ1n) is 5.59. The molecule has 2 aliphatic heterocycles. The van der Waals surface area contributed by atoms with Gasteiger partial charge in [0.2, 0.25) is 0 Å². The monoisotopic (exact) mass is 183 g/mol. The highest BCUT2D eigenvalue weighted by Crippen LogP contribution is 2.25. The fourth-order valence-electron chi connectivity index (χ4n) is 2.44. The molecule has 3 atom stereocenters. The summed E-state index contributed by atoms with van der Waals surface area (Å²) in [7, 11) is 0. The molecule has 2 aliphatic rings. The van der Waals surface area contributed by atoms with Crippen LogP contribution in [-0.4, -0.2) is 37.2 Å². The molecule has 0 saturated carbocycles. The summed E-state index contributed by atoms with van der Waals surface area (Å²) >= 11 is 0. The van der Waals surface area contributed by atoms with Crippen molar-refractivity contribution in [2.75, 3.05) is 26.3 Å². The van der Waals surface area contributed by atoms with Crippen molar-refractivity contribution in [1.82, 2.24) is 4.90 Å². The van der Waals surface area contributed by atoms with Gasteiger partial charge < -0.3 is 4.74 Å². The van der Waals surface area contributed by atoms with E-state index in [9.17, 15) is 0 Å². The Labute approximate surface area is 81.3 Å². The van der Waals surface area contributed by atoms with Crippen LogP contribution in [0, 0.1) is 11.8 Å². The zero-order valence-corrected chi connectivity index (χ0v) is 8.83. The van der Waals surface area contributed by atoms with Gasteiger partial charge in [-0.2, -0.15) is 0 Å². The molecule has 2 fully saturated rings. The van der Waals surface area contributed by atoms with Gasteiger partial charge in [0.1, 0.15) is 0 Å². The summed E-state index contributed by atoms with van der Waals surface area (Å²) < 4.78 is 5.43. The summed E-state index contributed by atoms with van der Waals surface area (Å²) in [6, 6.07) is 0.731. The van der Waals surface area contributed by atoms with Gasteiger partial charge in [0.05, 0.1) is 6.61 Å². The molecule has 0 N–H and O–H groups in total. The van der Waals surface area contributed by atoms with Crippen molar-refractivity contribution in [2.45, 2.75) is 32.7 Å². The maximum Gasteiger partial charge on any atom is 0.0622 e. The lowest BCUT2D eigenvalue weighted by Gasteiger charge is -2.38. The molecule has 2 nitrogen and oxygen atoms in total. The second kappa shape index (κ2) is 3.97. The second-order valence-corrected chi connectivity index (χ2v) is 4.76. The second-order valence-electron chi connectivity index (χ2n) is 4.76. The largest absolute Gasteiger partial charge is 0.380 e. The Hall–Kier alpha value is -0.0800. The van der Waals surface area contributed by atoms with Crippen LogP contribution in [-0.2, 0) is 4.74 Å². The van der Waals surface area contributed by atoms with Crippen LogP contribution in [0.15, 0.2) is 0 Å². The normalized spacial score (nSPS) is 42.5. The smallest absolute Gasteiger partial charge is 0.0622 e. The average molecular weight is 183 g/mol. The van der Waals surface area contributed by atoms with Crippen molar-refractivity contribution in [3.63, 3.8) is 0 Å². The lowest BCUT2D eigenvalue weighted by atomic mass is 9.88. The van der Waals surface area contributed by atoms with Crippen molar-refractivity contribution in [2.24, 2.45) is 11.8 Å². The van der Waals surface area contributed by atoms with E-state index in [0.29, 0.717) is 0 Å². The Morgan fingerprint density at radius 1 is 1.15 bits per heavy atom. The number of piperidine rings is 1. The molecular formula is C11H21NO. The van der Waals surface area contributed by atoms with Crippen molar-refractivity contribution in [1.29, 1.82) is 0 Å². The van der Waals surface area contributed by atoms with Gasteiger partial charge >= 0.3 is 0 Å². The standard InChI is InChI=1S/C11H21NO/c1-9-3-5-12(7-10(9)2)11-4-6-13-8-11/h9-11H,3-8H2,1-2H3. The topological polar surface area (TPSA) is 12.5 Å². The maximum atomic E-state index is 5.43. The van der Waals surface area contributed by atoms with Gasteiger partial charge in [0.15, 0.2) is 0 Å². The first-order valence-corrected chi connectivity index (χ1v) is 5.59. The van der Waals surface area contributed by atoms with Crippen molar-refractivity contribution in [3.8, 4) is 0 Å². The first-order chi connectivity index (χ1) is 6.27. The Balaban J connectivity index is 1.87. The fraction of sp³-hybridized carbons (Fsp3) is 1.00. The number of hydrogen-bond acceptors (Lipinski definition) is 2. The first kappa shape index (κ1) is 9.47. The molecule has 2 rings (SSSR count). The predicted molar refractivity (Wildman–Crippen MR) is 53.7 cm³/mol. The van der Waals surface area contributed by atoms with Crippen LogP contribution in [0.3, 0.4) is 0 Å². The van der Waals surface area contributed by atoms with Gasteiger partial charge in [-0.3, -0.25) is 4.90 Å². The van der Waals surface area contributed by atoms with Crippen LogP contribution in [0.5, 0.6) is 0 Å². The lowest BCUT2D eigenvalue weighted by Crippen LogP contribution is -2.44. The van der Waals surface area contributed by atoms with E-state index in [1.54, 1.807) is 0 Å². The van der Waals surface area contributed by atoms with Gasteiger partial charge in [-0.1, -0.05) is 13.8 Å². The minimum Gasteiger partial charge on any atom is -0.380 e. The number of ether oxygens (including phenoxy) is 1. The van der Waals surface area contributed by atoms with E-state index < -0.39 is 0 Å². The number of hydrogen-bond donors (Lipinski definition) is 0. The van der Waals surface area contributed by atoms with Gasteiger partial charge in [0, 0.05) is 19.2 Å².